The van der Waals surface area contributed by atoms with Gasteiger partial charge >= 0.3 is 7.25 Å². The van der Waals surface area contributed by atoms with Crippen LogP contribution in [0.1, 0.15) is 0 Å². The zero-order valence-corrected chi connectivity index (χ0v) is 5.10. The predicted molar refractivity (Wildman–Crippen MR) is 34.0 cm³/mol. The molecule has 5 heteroatoms. The normalized spacial score (nSPS) is 31.4. The van der Waals surface area contributed by atoms with E-state index in [1.807, 2.05) is 0 Å². The van der Waals surface area contributed by atoms with Crippen molar-refractivity contribution in [2.75, 3.05) is 7.05 Å². The molecule has 1 aliphatic heterocycles. The Morgan fingerprint density at radius 1 is 1.56 bits per heavy atom. The molecule has 0 bridgehead atoms. The highest BCUT2D eigenvalue weighted by molar-refractivity contribution is 6.32. The Morgan fingerprint density at radius 2 is 2.22 bits per heavy atom. The van der Waals surface area contributed by atoms with E-state index in [-0.39, 0.29) is 4.50 Å². The van der Waals surface area contributed by atoms with Crippen molar-refractivity contribution in [3.8, 4) is 0 Å². The minimum atomic E-state index is -1.46. The lowest BCUT2D eigenvalue weighted by molar-refractivity contribution is -0.771. The Morgan fingerprint density at radius 3 is 2.44 bits per heavy atom. The van der Waals surface area contributed by atoms with Crippen LogP contribution in [-0.4, -0.2) is 35.1 Å². The molecule has 48 valence electrons. The highest BCUT2D eigenvalue weighted by atomic mass is 16.4. The Bertz CT molecular complexity index is 154. The van der Waals surface area contributed by atoms with Gasteiger partial charge in [0.15, 0.2) is 0 Å². The first-order chi connectivity index (χ1) is 4.15. The van der Waals surface area contributed by atoms with Gasteiger partial charge < -0.3 is 10.0 Å². The lowest BCUT2D eigenvalue weighted by Gasteiger charge is -2.17. The molecule has 1 unspecified atom stereocenters. The van der Waals surface area contributed by atoms with E-state index in [1.54, 1.807) is 19.3 Å². The van der Waals surface area contributed by atoms with Crippen LogP contribution in [0, 0.1) is 0 Å². The number of nitrogens with zero attached hydrogens (tertiary/aromatic N) is 2. The Balaban J connectivity index is 2.75. The van der Waals surface area contributed by atoms with Crippen molar-refractivity contribution in [3.05, 3.63) is 12.3 Å². The van der Waals surface area contributed by atoms with Crippen molar-refractivity contribution in [1.82, 2.24) is 0 Å². The SMILES string of the molecule is C[N+]1(B(O)O)C=CC=N1. The van der Waals surface area contributed by atoms with E-state index < -0.39 is 7.25 Å². The van der Waals surface area contributed by atoms with Crippen molar-refractivity contribution in [1.29, 1.82) is 0 Å². The maximum absolute atomic E-state index is 8.67. The van der Waals surface area contributed by atoms with Crippen LogP contribution >= 0.6 is 0 Å². The molecule has 0 aromatic rings. The van der Waals surface area contributed by atoms with E-state index in [2.05, 4.69) is 5.10 Å². The third-order valence-corrected chi connectivity index (χ3v) is 1.26. The number of hydrogen-bond acceptors (Lipinski definition) is 3. The second kappa shape index (κ2) is 1.95. The summed E-state index contributed by atoms with van der Waals surface area (Å²) in [6.07, 6.45) is 4.78. The quantitative estimate of drug-likeness (QED) is 0.440. The van der Waals surface area contributed by atoms with Crippen LogP contribution in [0.4, 0.5) is 0 Å². The van der Waals surface area contributed by atoms with Crippen LogP contribution in [0.25, 0.3) is 0 Å². The molecule has 0 fully saturated rings. The maximum Gasteiger partial charge on any atom is 0.786 e. The molecule has 0 spiro atoms. The number of allylic oxidation sites excluding steroid dienone is 1. The van der Waals surface area contributed by atoms with E-state index in [0.29, 0.717) is 0 Å². The number of hydrogen-bond donors (Lipinski definition) is 2. The number of rotatable bonds is 1. The summed E-state index contributed by atoms with van der Waals surface area (Å²) in [7, 11) is 0.130. The minimum absolute atomic E-state index is 0.194. The molecule has 0 radical (unpaired) electrons. The zero-order valence-electron chi connectivity index (χ0n) is 5.10. The van der Waals surface area contributed by atoms with Gasteiger partial charge in [0.25, 0.3) is 0 Å². The third-order valence-electron chi connectivity index (χ3n) is 1.26. The van der Waals surface area contributed by atoms with Gasteiger partial charge in [0.05, 0.1) is 13.3 Å². The van der Waals surface area contributed by atoms with Crippen LogP contribution in [-0.2, 0) is 0 Å². The topological polar surface area (TPSA) is 52.8 Å². The van der Waals surface area contributed by atoms with Gasteiger partial charge in [0, 0.05) is 6.08 Å². The fraction of sp³-hybridized carbons (Fsp3) is 0.250. The van der Waals surface area contributed by atoms with Crippen LogP contribution < -0.4 is 0 Å². The Labute approximate surface area is 53.5 Å². The zero-order chi connectivity index (χ0) is 6.91. The van der Waals surface area contributed by atoms with Crippen molar-refractivity contribution >= 4 is 13.5 Å². The van der Waals surface area contributed by atoms with Gasteiger partial charge in [-0.05, 0) is 0 Å². The average molecular weight is 127 g/mol. The minimum Gasteiger partial charge on any atom is -0.368 e. The molecule has 2 N–H and O–H groups in total. The van der Waals surface area contributed by atoms with Gasteiger partial charge in [-0.25, -0.2) is 0 Å². The molecule has 0 aliphatic carbocycles. The molecular weight excluding hydrogens is 119 g/mol. The lowest BCUT2D eigenvalue weighted by atomic mass is 10.1. The predicted octanol–water partition coefficient (Wildman–Crippen LogP) is -1.08. The summed E-state index contributed by atoms with van der Waals surface area (Å²) < 4.78 is -0.194. The largest absolute Gasteiger partial charge is 0.786 e. The summed E-state index contributed by atoms with van der Waals surface area (Å²) >= 11 is 0. The second-order valence-corrected chi connectivity index (χ2v) is 2.05. The third kappa shape index (κ3) is 1.02. The van der Waals surface area contributed by atoms with E-state index >= 15 is 0 Å². The second-order valence-electron chi connectivity index (χ2n) is 2.05. The van der Waals surface area contributed by atoms with Gasteiger partial charge in [-0.1, -0.05) is 0 Å². The van der Waals surface area contributed by atoms with Gasteiger partial charge in [-0.2, -0.15) is 4.50 Å². The van der Waals surface area contributed by atoms with Crippen molar-refractivity contribution in [3.63, 3.8) is 0 Å². The molecule has 9 heavy (non-hydrogen) atoms. The molecular formula is C4H8BN2O2+. The van der Waals surface area contributed by atoms with E-state index in [0.717, 1.165) is 0 Å². The van der Waals surface area contributed by atoms with Gasteiger partial charge in [-0.3, -0.25) is 0 Å². The molecule has 1 aliphatic rings. The summed E-state index contributed by atoms with van der Waals surface area (Å²) in [4.78, 5) is 0. The first-order valence-corrected chi connectivity index (χ1v) is 2.60. The van der Waals surface area contributed by atoms with Gasteiger partial charge in [0.1, 0.15) is 6.20 Å². The van der Waals surface area contributed by atoms with E-state index in [9.17, 15) is 0 Å². The molecule has 0 aromatic carbocycles. The van der Waals surface area contributed by atoms with E-state index in [4.69, 9.17) is 10.0 Å². The van der Waals surface area contributed by atoms with Crippen LogP contribution in [0.15, 0.2) is 17.4 Å². The summed E-state index contributed by atoms with van der Waals surface area (Å²) in [5.74, 6) is 0. The maximum atomic E-state index is 8.67. The summed E-state index contributed by atoms with van der Waals surface area (Å²) in [6, 6.07) is 0. The molecule has 0 saturated carbocycles. The standard InChI is InChI=1S/C4H8BN2O2/c1-7(5(8)9)4-2-3-6-7/h2-4,8-9H,1H3/q+1. The summed E-state index contributed by atoms with van der Waals surface area (Å²) in [5, 5.41) is 21.1. The molecule has 0 saturated heterocycles. The van der Waals surface area contributed by atoms with Gasteiger partial charge in [0.2, 0.25) is 0 Å². The number of quaternary nitrogens is 1. The van der Waals surface area contributed by atoms with Crippen LogP contribution in [0.2, 0.25) is 0 Å². The van der Waals surface area contributed by atoms with Crippen molar-refractivity contribution in [2.45, 2.75) is 0 Å². The molecule has 1 heterocycles. The van der Waals surface area contributed by atoms with Crippen molar-refractivity contribution < 1.29 is 14.6 Å². The highest BCUT2D eigenvalue weighted by Gasteiger charge is 2.39. The molecule has 0 amide bonds. The first kappa shape index (κ1) is 6.47. The monoisotopic (exact) mass is 127 g/mol. The Kier molecular flexibility index (Phi) is 1.40. The molecule has 4 nitrogen and oxygen atoms in total. The van der Waals surface area contributed by atoms with E-state index in [1.165, 1.54) is 6.21 Å². The van der Waals surface area contributed by atoms with Crippen LogP contribution in [0.5, 0.6) is 0 Å². The molecule has 1 atom stereocenters. The average Bonchev–Trinajstić information content (AvgIpc) is 2.16. The smallest absolute Gasteiger partial charge is 0.368 e. The highest BCUT2D eigenvalue weighted by Crippen LogP contribution is 2.08. The lowest BCUT2D eigenvalue weighted by Crippen LogP contribution is -2.46. The molecule has 0 aromatic heterocycles. The summed E-state index contributed by atoms with van der Waals surface area (Å²) in [5.41, 5.74) is 0. The van der Waals surface area contributed by atoms with Crippen LogP contribution in [0.3, 0.4) is 0 Å². The summed E-state index contributed by atoms with van der Waals surface area (Å²) in [6.45, 7) is 0. The molecule has 1 rings (SSSR count). The first-order valence-electron chi connectivity index (χ1n) is 2.60. The Hall–Kier alpha value is -0.645. The van der Waals surface area contributed by atoms with Gasteiger partial charge in [-0.15, -0.1) is 5.10 Å². The fourth-order valence-corrected chi connectivity index (χ4v) is 0.570. The fourth-order valence-electron chi connectivity index (χ4n) is 0.570. The van der Waals surface area contributed by atoms with Crippen molar-refractivity contribution in [2.24, 2.45) is 5.10 Å².